The SMILES string of the molecule is COc1ccc2c(c1)C(N1CCN(C)CC1)Cc1ccccc1S2.O=C(O)/C=C\C(=O)O. The Hall–Kier alpha value is -2.81. The number of methoxy groups -OCH3 is 1. The molecule has 0 aliphatic carbocycles. The lowest BCUT2D eigenvalue weighted by molar-refractivity contribution is -0.134. The fraction of sp³-hybridized carbons (Fsp3) is 0.333. The summed E-state index contributed by atoms with van der Waals surface area (Å²) < 4.78 is 5.51. The Morgan fingerprint density at radius 2 is 1.66 bits per heavy atom. The van der Waals surface area contributed by atoms with Gasteiger partial charge in [0.05, 0.1) is 7.11 Å². The zero-order chi connectivity index (χ0) is 23.1. The Kier molecular flexibility index (Phi) is 8.33. The zero-order valence-electron chi connectivity index (χ0n) is 18.2. The number of carboxylic acid groups (broad SMARTS) is 2. The predicted molar refractivity (Wildman–Crippen MR) is 123 cm³/mol. The number of nitrogens with zero attached hydrogens (tertiary/aromatic N) is 2. The molecule has 0 spiro atoms. The lowest BCUT2D eigenvalue weighted by Crippen LogP contribution is -2.46. The molecule has 32 heavy (non-hydrogen) atoms. The highest BCUT2D eigenvalue weighted by atomic mass is 32.2. The van der Waals surface area contributed by atoms with Crippen molar-refractivity contribution in [2.24, 2.45) is 0 Å². The Morgan fingerprint density at radius 1 is 1.00 bits per heavy atom. The van der Waals surface area contributed by atoms with Crippen LogP contribution in [-0.4, -0.2) is 72.3 Å². The smallest absolute Gasteiger partial charge is 0.328 e. The monoisotopic (exact) mass is 456 g/mol. The summed E-state index contributed by atoms with van der Waals surface area (Å²) in [7, 11) is 3.97. The van der Waals surface area contributed by atoms with Crippen molar-refractivity contribution in [1.29, 1.82) is 0 Å². The molecule has 0 bridgehead atoms. The van der Waals surface area contributed by atoms with Crippen molar-refractivity contribution in [3.05, 3.63) is 65.7 Å². The second-order valence-corrected chi connectivity index (χ2v) is 8.77. The molecule has 2 N–H and O–H groups in total. The standard InChI is InChI=1S/C20H24N2OS.C4H4O4/c1-21-9-11-22(12-10-21)18-13-15-5-3-4-6-19(15)24-20-8-7-16(23-2)14-17(18)20;5-3(6)1-2-4(7)8/h3-8,14,18H,9-13H2,1-2H3;1-2H,(H,5,6)(H,7,8)/b;2-1-. The van der Waals surface area contributed by atoms with Crippen molar-refractivity contribution < 1.29 is 24.5 Å². The Morgan fingerprint density at radius 3 is 2.28 bits per heavy atom. The van der Waals surface area contributed by atoms with Gasteiger partial charge in [-0.25, -0.2) is 9.59 Å². The first kappa shape index (κ1) is 23.8. The average Bonchev–Trinajstić information content (AvgIpc) is 2.95. The minimum Gasteiger partial charge on any atom is -0.497 e. The van der Waals surface area contributed by atoms with Gasteiger partial charge in [0.2, 0.25) is 0 Å². The lowest BCUT2D eigenvalue weighted by atomic mass is 9.96. The summed E-state index contributed by atoms with van der Waals surface area (Å²) in [5.74, 6) is -1.56. The van der Waals surface area contributed by atoms with Gasteiger partial charge in [0.1, 0.15) is 5.75 Å². The number of carbonyl (C=O) groups is 2. The molecule has 2 aliphatic heterocycles. The van der Waals surface area contributed by atoms with E-state index in [9.17, 15) is 9.59 Å². The number of rotatable bonds is 4. The largest absolute Gasteiger partial charge is 0.497 e. The van der Waals surface area contributed by atoms with E-state index in [1.807, 2.05) is 11.8 Å². The first-order valence-corrected chi connectivity index (χ1v) is 11.2. The van der Waals surface area contributed by atoms with Crippen molar-refractivity contribution >= 4 is 23.7 Å². The van der Waals surface area contributed by atoms with Crippen LogP contribution in [-0.2, 0) is 16.0 Å². The quantitative estimate of drug-likeness (QED) is 0.677. The van der Waals surface area contributed by atoms with Crippen LogP contribution in [0.25, 0.3) is 0 Å². The first-order valence-electron chi connectivity index (χ1n) is 10.4. The fourth-order valence-corrected chi connectivity index (χ4v) is 4.93. The van der Waals surface area contributed by atoms with Gasteiger partial charge >= 0.3 is 11.9 Å². The van der Waals surface area contributed by atoms with E-state index in [2.05, 4.69) is 59.3 Å². The van der Waals surface area contributed by atoms with E-state index in [1.165, 1.54) is 20.9 Å². The maximum atomic E-state index is 9.55. The van der Waals surface area contributed by atoms with Crippen molar-refractivity contribution in [1.82, 2.24) is 9.80 Å². The molecule has 1 fully saturated rings. The van der Waals surface area contributed by atoms with Gasteiger partial charge < -0.3 is 19.8 Å². The molecule has 0 radical (unpaired) electrons. The van der Waals surface area contributed by atoms with Crippen LogP contribution in [0.5, 0.6) is 5.75 Å². The maximum Gasteiger partial charge on any atom is 0.328 e. The van der Waals surface area contributed by atoms with Crippen LogP contribution in [0.1, 0.15) is 17.2 Å². The number of fused-ring (bicyclic) bond motifs is 2. The normalized spacial score (nSPS) is 18.6. The molecule has 1 atom stereocenters. The molecule has 0 aromatic heterocycles. The number of benzene rings is 2. The van der Waals surface area contributed by atoms with Gasteiger partial charge in [0, 0.05) is 54.2 Å². The highest BCUT2D eigenvalue weighted by molar-refractivity contribution is 7.99. The topological polar surface area (TPSA) is 90.3 Å². The molecule has 1 saturated heterocycles. The summed E-state index contributed by atoms with van der Waals surface area (Å²) in [6.07, 6.45) is 2.19. The Balaban J connectivity index is 0.000000312. The van der Waals surface area contributed by atoms with E-state index < -0.39 is 11.9 Å². The summed E-state index contributed by atoms with van der Waals surface area (Å²) in [6, 6.07) is 15.8. The lowest BCUT2D eigenvalue weighted by Gasteiger charge is -2.38. The van der Waals surface area contributed by atoms with Gasteiger partial charge in [-0.2, -0.15) is 0 Å². The number of hydrogen-bond acceptors (Lipinski definition) is 6. The molecule has 2 aromatic carbocycles. The number of likely N-dealkylation sites (N-methyl/N-ethyl adjacent to an activating group) is 1. The van der Waals surface area contributed by atoms with Crippen LogP contribution in [0.15, 0.2) is 64.4 Å². The highest BCUT2D eigenvalue weighted by Crippen LogP contribution is 2.44. The van der Waals surface area contributed by atoms with E-state index in [4.69, 9.17) is 14.9 Å². The van der Waals surface area contributed by atoms with E-state index in [0.29, 0.717) is 18.2 Å². The molecule has 1 unspecified atom stereocenters. The van der Waals surface area contributed by atoms with E-state index in [0.717, 1.165) is 38.3 Å². The molecular weight excluding hydrogens is 428 g/mol. The first-order chi connectivity index (χ1) is 15.4. The number of piperazine rings is 1. The van der Waals surface area contributed by atoms with Crippen LogP contribution in [0.3, 0.4) is 0 Å². The predicted octanol–water partition coefficient (Wildman–Crippen LogP) is 3.40. The molecule has 2 aromatic rings. The third kappa shape index (κ3) is 6.35. The molecule has 8 heteroatoms. The number of hydrogen-bond donors (Lipinski definition) is 2. The summed E-state index contributed by atoms with van der Waals surface area (Å²) in [5, 5.41) is 15.6. The minimum atomic E-state index is -1.26. The van der Waals surface area contributed by atoms with Crippen LogP contribution in [0, 0.1) is 0 Å². The van der Waals surface area contributed by atoms with Gasteiger partial charge in [-0.3, -0.25) is 4.90 Å². The highest BCUT2D eigenvalue weighted by Gasteiger charge is 2.29. The van der Waals surface area contributed by atoms with Crippen LogP contribution >= 0.6 is 11.8 Å². The Labute approximate surface area is 192 Å². The fourth-order valence-electron chi connectivity index (χ4n) is 3.82. The van der Waals surface area contributed by atoms with Crippen molar-refractivity contribution in [3.8, 4) is 5.75 Å². The Bertz CT molecular complexity index is 970. The van der Waals surface area contributed by atoms with Crippen LogP contribution in [0.2, 0.25) is 0 Å². The molecule has 2 aliphatic rings. The summed E-state index contributed by atoms with van der Waals surface area (Å²) in [6.45, 7) is 4.55. The number of carboxylic acids is 2. The van der Waals surface area contributed by atoms with Gasteiger partial charge in [-0.05, 0) is 48.9 Å². The molecule has 2 heterocycles. The minimum absolute atomic E-state index is 0.431. The average molecular weight is 457 g/mol. The molecule has 170 valence electrons. The molecule has 0 saturated carbocycles. The summed E-state index contributed by atoms with van der Waals surface area (Å²) in [4.78, 5) is 26.9. The van der Waals surface area contributed by atoms with Crippen LogP contribution in [0.4, 0.5) is 0 Å². The van der Waals surface area contributed by atoms with Crippen molar-refractivity contribution in [2.75, 3.05) is 40.3 Å². The van der Waals surface area contributed by atoms with Crippen LogP contribution < -0.4 is 4.74 Å². The third-order valence-electron chi connectivity index (χ3n) is 5.53. The number of ether oxygens (including phenoxy) is 1. The van der Waals surface area contributed by atoms with E-state index >= 15 is 0 Å². The third-order valence-corrected chi connectivity index (χ3v) is 6.74. The van der Waals surface area contributed by atoms with E-state index in [1.54, 1.807) is 7.11 Å². The van der Waals surface area contributed by atoms with Gasteiger partial charge in [-0.15, -0.1) is 0 Å². The second kappa shape index (κ2) is 11.2. The van der Waals surface area contributed by atoms with Gasteiger partial charge in [-0.1, -0.05) is 30.0 Å². The maximum absolute atomic E-state index is 9.55. The van der Waals surface area contributed by atoms with E-state index in [-0.39, 0.29) is 0 Å². The summed E-state index contributed by atoms with van der Waals surface area (Å²) in [5.41, 5.74) is 2.88. The summed E-state index contributed by atoms with van der Waals surface area (Å²) >= 11 is 1.90. The second-order valence-electron chi connectivity index (χ2n) is 7.68. The molecular formula is C24H28N2O5S. The van der Waals surface area contributed by atoms with Gasteiger partial charge in [0.15, 0.2) is 0 Å². The zero-order valence-corrected chi connectivity index (χ0v) is 19.0. The number of aliphatic carboxylic acids is 2. The van der Waals surface area contributed by atoms with Gasteiger partial charge in [0.25, 0.3) is 0 Å². The van der Waals surface area contributed by atoms with Crippen molar-refractivity contribution in [3.63, 3.8) is 0 Å². The van der Waals surface area contributed by atoms with Crippen molar-refractivity contribution in [2.45, 2.75) is 22.3 Å². The molecule has 7 nitrogen and oxygen atoms in total. The molecule has 0 amide bonds. The molecule has 4 rings (SSSR count).